The van der Waals surface area contributed by atoms with Crippen LogP contribution in [-0.2, 0) is 6.54 Å². The second-order valence-electron chi connectivity index (χ2n) is 3.44. The van der Waals surface area contributed by atoms with E-state index in [2.05, 4.69) is 5.32 Å². The fourth-order valence-corrected chi connectivity index (χ4v) is 1.52. The summed E-state index contributed by atoms with van der Waals surface area (Å²) in [6.45, 7) is 0.413. The molecule has 0 radical (unpaired) electrons. The van der Waals surface area contributed by atoms with Crippen LogP contribution < -0.4 is 11.1 Å². The van der Waals surface area contributed by atoms with Crippen LogP contribution >= 0.6 is 35.6 Å². The zero-order valence-corrected chi connectivity index (χ0v) is 11.9. The van der Waals surface area contributed by atoms with E-state index >= 15 is 0 Å². The Morgan fingerprint density at radius 1 is 1.44 bits per heavy atom. The van der Waals surface area contributed by atoms with Crippen LogP contribution in [0.3, 0.4) is 0 Å². The summed E-state index contributed by atoms with van der Waals surface area (Å²) in [5, 5.41) is 10.6. The van der Waals surface area contributed by atoms with E-state index in [9.17, 15) is 4.79 Å². The minimum atomic E-state index is -0.768. The number of carbonyl (C=O) groups excluding carboxylic acids is 1. The number of halogens is 3. The maximum atomic E-state index is 10.6. The molecule has 8 heteroatoms. The maximum absolute atomic E-state index is 10.6. The number of nitrogens with one attached hydrogen (secondary N) is 2. The summed E-state index contributed by atoms with van der Waals surface area (Å²) in [6.07, 6.45) is 0. The first-order chi connectivity index (χ1) is 7.90. The lowest BCUT2D eigenvalue weighted by Crippen LogP contribution is -2.43. The summed E-state index contributed by atoms with van der Waals surface area (Å²) < 4.78 is 0. The normalized spacial score (nSPS) is 9.28. The summed E-state index contributed by atoms with van der Waals surface area (Å²) in [6, 6.07) is 4.41. The van der Waals surface area contributed by atoms with Crippen molar-refractivity contribution in [2.75, 3.05) is 7.05 Å². The molecule has 4 N–H and O–H groups in total. The number of hydrogen-bond donors (Lipinski definition) is 3. The number of carbonyl (C=O) groups is 1. The summed E-state index contributed by atoms with van der Waals surface area (Å²) in [4.78, 5) is 12.1. The van der Waals surface area contributed by atoms with Gasteiger partial charge in [-0.2, -0.15) is 0 Å². The largest absolute Gasteiger partial charge is 0.351 e. The average Bonchev–Trinajstić information content (AvgIpc) is 2.22. The number of rotatable bonds is 2. The monoisotopic (exact) mass is 310 g/mol. The molecule has 0 fully saturated rings. The van der Waals surface area contributed by atoms with E-state index in [1.165, 1.54) is 4.90 Å². The highest BCUT2D eigenvalue weighted by atomic mass is 35.5. The zero-order valence-electron chi connectivity index (χ0n) is 9.54. The summed E-state index contributed by atoms with van der Waals surface area (Å²) in [7, 11) is 1.65. The number of guanidine groups is 1. The Bertz CT molecular complexity index is 453. The van der Waals surface area contributed by atoms with Crippen LogP contribution in [0.5, 0.6) is 0 Å². The van der Waals surface area contributed by atoms with Crippen LogP contribution in [0.4, 0.5) is 4.79 Å². The Kier molecular flexibility index (Phi) is 6.83. The second-order valence-corrected chi connectivity index (χ2v) is 4.26. The predicted octanol–water partition coefficient (Wildman–Crippen LogP) is 2.45. The average molecular weight is 312 g/mol. The molecule has 0 saturated carbocycles. The summed E-state index contributed by atoms with van der Waals surface area (Å²) in [5.41, 5.74) is 5.79. The molecule has 0 spiro atoms. The summed E-state index contributed by atoms with van der Waals surface area (Å²) >= 11 is 11.7. The smallest absolute Gasteiger partial charge is 0.318 e. The highest BCUT2D eigenvalue weighted by molar-refractivity contribution is 6.42. The molecule has 0 heterocycles. The lowest BCUT2D eigenvalue weighted by Gasteiger charge is -2.19. The van der Waals surface area contributed by atoms with Crippen molar-refractivity contribution in [1.82, 2.24) is 10.2 Å². The van der Waals surface area contributed by atoms with Crippen molar-refractivity contribution in [2.24, 2.45) is 5.73 Å². The molecule has 0 unspecified atom stereocenters. The molecule has 0 aliphatic carbocycles. The first-order valence-corrected chi connectivity index (χ1v) is 5.46. The van der Waals surface area contributed by atoms with Crippen molar-refractivity contribution >= 4 is 47.6 Å². The molecule has 0 aliphatic heterocycles. The Hall–Kier alpha value is -1.17. The van der Waals surface area contributed by atoms with Crippen molar-refractivity contribution in [1.29, 1.82) is 5.41 Å². The van der Waals surface area contributed by atoms with Gasteiger partial charge in [-0.05, 0) is 17.7 Å². The van der Waals surface area contributed by atoms with E-state index in [-0.39, 0.29) is 18.4 Å². The van der Waals surface area contributed by atoms with Crippen LogP contribution in [0.25, 0.3) is 0 Å². The van der Waals surface area contributed by atoms with Crippen molar-refractivity contribution in [3.05, 3.63) is 33.8 Å². The number of hydrogen-bond acceptors (Lipinski definition) is 2. The van der Waals surface area contributed by atoms with Gasteiger partial charge in [-0.25, -0.2) is 4.79 Å². The van der Waals surface area contributed by atoms with Gasteiger partial charge >= 0.3 is 6.03 Å². The molecule has 1 aromatic rings. The molecule has 100 valence electrons. The maximum Gasteiger partial charge on any atom is 0.318 e. The van der Waals surface area contributed by atoms with E-state index in [1.807, 2.05) is 0 Å². The molecule has 0 bridgehead atoms. The number of amides is 2. The van der Waals surface area contributed by atoms with Crippen molar-refractivity contribution in [3.63, 3.8) is 0 Å². The Balaban J connectivity index is 0.00000289. The Morgan fingerprint density at radius 3 is 2.56 bits per heavy atom. The lowest BCUT2D eigenvalue weighted by molar-refractivity contribution is 0.251. The third-order valence-corrected chi connectivity index (χ3v) is 2.77. The van der Waals surface area contributed by atoms with Gasteiger partial charge in [0.2, 0.25) is 0 Å². The zero-order chi connectivity index (χ0) is 13.0. The van der Waals surface area contributed by atoms with Crippen molar-refractivity contribution < 1.29 is 4.79 Å². The lowest BCUT2D eigenvalue weighted by atomic mass is 10.2. The fraction of sp³-hybridized carbons (Fsp3) is 0.200. The van der Waals surface area contributed by atoms with Gasteiger partial charge in [0.05, 0.1) is 10.0 Å². The molecular formula is C10H13Cl3N4O. The highest BCUT2D eigenvalue weighted by Gasteiger charge is 2.08. The van der Waals surface area contributed by atoms with Crippen LogP contribution in [0.15, 0.2) is 18.2 Å². The van der Waals surface area contributed by atoms with Gasteiger partial charge in [0.1, 0.15) is 0 Å². The molecule has 5 nitrogen and oxygen atoms in total. The van der Waals surface area contributed by atoms with Gasteiger partial charge in [0.25, 0.3) is 0 Å². The highest BCUT2D eigenvalue weighted by Crippen LogP contribution is 2.22. The molecule has 0 atom stereocenters. The fourth-order valence-electron chi connectivity index (χ4n) is 1.20. The minimum absolute atomic E-state index is 0. The molecule has 2 amide bonds. The molecular weight excluding hydrogens is 298 g/mol. The van der Waals surface area contributed by atoms with E-state index in [1.54, 1.807) is 25.2 Å². The number of nitrogens with zero attached hydrogens (tertiary/aromatic N) is 1. The quantitative estimate of drug-likeness (QED) is 0.579. The molecule has 0 aliphatic rings. The number of benzene rings is 1. The Labute approximate surface area is 121 Å². The third-order valence-electron chi connectivity index (χ3n) is 2.03. The Morgan fingerprint density at radius 2 is 2.06 bits per heavy atom. The van der Waals surface area contributed by atoms with Crippen LogP contribution in [0, 0.1) is 5.41 Å². The van der Waals surface area contributed by atoms with Crippen LogP contribution in [-0.4, -0.2) is 23.9 Å². The van der Waals surface area contributed by atoms with E-state index in [4.69, 9.17) is 34.3 Å². The molecule has 0 aromatic heterocycles. The van der Waals surface area contributed by atoms with E-state index < -0.39 is 6.03 Å². The van der Waals surface area contributed by atoms with Crippen molar-refractivity contribution in [2.45, 2.75) is 6.54 Å². The predicted molar refractivity (Wildman–Crippen MR) is 75.6 cm³/mol. The standard InChI is InChI=1S/C10H12Cl2N4O.ClH/c1-16(9(13)15-10(14)17)5-6-2-3-7(11)8(12)4-6;/h2-4H,5H2,1H3,(H4,13,14,15,17);1H. The number of nitrogens with two attached hydrogens (primary N) is 1. The van der Waals surface area contributed by atoms with E-state index in [0.29, 0.717) is 16.6 Å². The van der Waals surface area contributed by atoms with Crippen LogP contribution in [0.1, 0.15) is 5.56 Å². The first kappa shape index (κ1) is 16.8. The molecule has 1 aromatic carbocycles. The van der Waals surface area contributed by atoms with Gasteiger partial charge in [0, 0.05) is 13.6 Å². The minimum Gasteiger partial charge on any atom is -0.351 e. The number of primary amides is 1. The third kappa shape index (κ3) is 5.00. The first-order valence-electron chi connectivity index (χ1n) is 4.70. The van der Waals surface area contributed by atoms with Gasteiger partial charge in [-0.3, -0.25) is 10.7 Å². The van der Waals surface area contributed by atoms with Gasteiger partial charge in [-0.15, -0.1) is 12.4 Å². The van der Waals surface area contributed by atoms with Gasteiger partial charge < -0.3 is 10.6 Å². The molecule has 1 rings (SSSR count). The van der Waals surface area contributed by atoms with E-state index in [0.717, 1.165) is 5.56 Å². The molecule has 18 heavy (non-hydrogen) atoms. The summed E-state index contributed by atoms with van der Waals surface area (Å²) in [5.74, 6) is -0.0800. The topological polar surface area (TPSA) is 82.2 Å². The molecule has 0 saturated heterocycles. The SMILES string of the molecule is CN(Cc1ccc(Cl)c(Cl)c1)C(=N)NC(N)=O.Cl. The second kappa shape index (κ2) is 7.31. The number of urea groups is 1. The van der Waals surface area contributed by atoms with Crippen molar-refractivity contribution in [3.8, 4) is 0 Å². The van der Waals surface area contributed by atoms with Gasteiger partial charge in [-0.1, -0.05) is 29.3 Å². The van der Waals surface area contributed by atoms with Gasteiger partial charge in [0.15, 0.2) is 5.96 Å². The van der Waals surface area contributed by atoms with Crippen LogP contribution in [0.2, 0.25) is 10.0 Å².